The lowest BCUT2D eigenvalue weighted by atomic mass is 10.1. The Morgan fingerprint density at radius 1 is 1.00 bits per heavy atom. The van der Waals surface area contributed by atoms with Gasteiger partial charge in [0.2, 0.25) is 5.91 Å². The van der Waals surface area contributed by atoms with Crippen molar-refractivity contribution < 1.29 is 23.1 Å². The van der Waals surface area contributed by atoms with Crippen molar-refractivity contribution in [3.05, 3.63) is 59.7 Å². The number of amides is 3. The summed E-state index contributed by atoms with van der Waals surface area (Å²) < 4.78 is 31.8. The number of rotatable bonds is 7. The third-order valence-corrected chi connectivity index (χ3v) is 3.40. The van der Waals surface area contributed by atoms with Crippen molar-refractivity contribution >= 4 is 23.3 Å². The van der Waals surface area contributed by atoms with E-state index in [1.54, 1.807) is 24.3 Å². The number of urea groups is 1. The Balaban J connectivity index is 1.85. The Labute approximate surface area is 149 Å². The molecular weight excluding hydrogens is 344 g/mol. The maximum atomic E-state index is 13.5. The van der Waals surface area contributed by atoms with Crippen LogP contribution in [0.2, 0.25) is 0 Å². The highest BCUT2D eigenvalue weighted by molar-refractivity contribution is 5.94. The molecule has 0 spiro atoms. The highest BCUT2D eigenvalue weighted by Crippen LogP contribution is 2.15. The van der Waals surface area contributed by atoms with Gasteiger partial charge in [-0.3, -0.25) is 4.79 Å². The Morgan fingerprint density at radius 3 is 2.27 bits per heavy atom. The topological polar surface area (TPSA) is 79.5 Å². The summed E-state index contributed by atoms with van der Waals surface area (Å²) in [5, 5.41) is 7.72. The van der Waals surface area contributed by atoms with Gasteiger partial charge in [-0.25, -0.2) is 13.6 Å². The van der Waals surface area contributed by atoms with E-state index in [0.717, 1.165) is 0 Å². The molecule has 0 radical (unpaired) electrons. The van der Waals surface area contributed by atoms with Crippen LogP contribution in [-0.4, -0.2) is 32.2 Å². The fourth-order valence-corrected chi connectivity index (χ4v) is 2.25. The molecule has 0 aliphatic rings. The molecule has 8 heteroatoms. The quantitative estimate of drug-likeness (QED) is 0.708. The number of anilines is 2. The van der Waals surface area contributed by atoms with E-state index >= 15 is 0 Å². The van der Waals surface area contributed by atoms with Crippen LogP contribution in [0.5, 0.6) is 0 Å². The first-order valence-electron chi connectivity index (χ1n) is 7.86. The fraction of sp³-hybridized carbons (Fsp3) is 0.222. The van der Waals surface area contributed by atoms with Crippen LogP contribution in [0.25, 0.3) is 0 Å². The number of hydrogen-bond acceptors (Lipinski definition) is 3. The first kappa shape index (κ1) is 19.3. The molecule has 138 valence electrons. The second kappa shape index (κ2) is 9.47. The lowest BCUT2D eigenvalue weighted by Gasteiger charge is -2.10. The average Bonchev–Trinajstić information content (AvgIpc) is 2.58. The van der Waals surface area contributed by atoms with Gasteiger partial charge in [0.15, 0.2) is 0 Å². The molecule has 2 aromatic carbocycles. The van der Waals surface area contributed by atoms with Gasteiger partial charge in [-0.2, -0.15) is 0 Å². The van der Waals surface area contributed by atoms with Gasteiger partial charge in [-0.15, -0.1) is 0 Å². The third kappa shape index (κ3) is 5.82. The van der Waals surface area contributed by atoms with Crippen molar-refractivity contribution in [2.75, 3.05) is 30.9 Å². The van der Waals surface area contributed by atoms with Crippen LogP contribution < -0.4 is 16.0 Å². The number of carbonyl (C=O) groups excluding carboxylic acids is 2. The average molecular weight is 363 g/mol. The largest absolute Gasteiger partial charge is 0.375 e. The van der Waals surface area contributed by atoms with Gasteiger partial charge in [0.25, 0.3) is 0 Å². The van der Waals surface area contributed by atoms with E-state index in [-0.39, 0.29) is 31.0 Å². The van der Waals surface area contributed by atoms with E-state index in [4.69, 9.17) is 4.74 Å². The SMILES string of the molecule is COCC(=O)Nc1cccc(NC(=O)NCCc2c(F)cccc2F)c1. The van der Waals surface area contributed by atoms with E-state index in [1.807, 2.05) is 0 Å². The fourth-order valence-electron chi connectivity index (χ4n) is 2.25. The lowest BCUT2D eigenvalue weighted by molar-refractivity contribution is -0.119. The van der Waals surface area contributed by atoms with E-state index in [1.165, 1.54) is 25.3 Å². The first-order chi connectivity index (χ1) is 12.5. The number of halogens is 2. The normalized spacial score (nSPS) is 10.3. The predicted molar refractivity (Wildman–Crippen MR) is 94.0 cm³/mol. The molecule has 0 saturated carbocycles. The maximum absolute atomic E-state index is 13.5. The molecule has 0 bridgehead atoms. The summed E-state index contributed by atoms with van der Waals surface area (Å²) in [6, 6.07) is 9.63. The molecule has 0 aromatic heterocycles. The number of benzene rings is 2. The summed E-state index contributed by atoms with van der Waals surface area (Å²) in [6.07, 6.45) is 0.0268. The van der Waals surface area contributed by atoms with Crippen molar-refractivity contribution in [3.8, 4) is 0 Å². The Bertz CT molecular complexity index is 764. The molecule has 0 atom stereocenters. The molecule has 2 rings (SSSR count). The number of hydrogen-bond donors (Lipinski definition) is 3. The summed E-state index contributed by atoms with van der Waals surface area (Å²) >= 11 is 0. The van der Waals surface area contributed by atoms with Crippen molar-refractivity contribution in [1.29, 1.82) is 0 Å². The summed E-state index contributed by atoms with van der Waals surface area (Å²) in [7, 11) is 1.41. The van der Waals surface area contributed by atoms with Crippen LogP contribution in [0.1, 0.15) is 5.56 Å². The number of ether oxygens (including phenoxy) is 1. The van der Waals surface area contributed by atoms with Crippen molar-refractivity contribution in [2.45, 2.75) is 6.42 Å². The monoisotopic (exact) mass is 363 g/mol. The highest BCUT2D eigenvalue weighted by Gasteiger charge is 2.09. The molecule has 0 unspecified atom stereocenters. The number of carbonyl (C=O) groups is 2. The van der Waals surface area contributed by atoms with Gasteiger partial charge in [0.1, 0.15) is 18.2 Å². The third-order valence-electron chi connectivity index (χ3n) is 3.40. The predicted octanol–water partition coefficient (Wildman–Crippen LogP) is 2.91. The molecule has 0 heterocycles. The summed E-state index contributed by atoms with van der Waals surface area (Å²) in [5.41, 5.74) is 0.878. The van der Waals surface area contributed by atoms with Crippen LogP contribution in [0, 0.1) is 11.6 Å². The maximum Gasteiger partial charge on any atom is 0.319 e. The molecule has 0 saturated heterocycles. The molecule has 0 aliphatic heterocycles. The van der Waals surface area contributed by atoms with Crippen molar-refractivity contribution in [3.63, 3.8) is 0 Å². The molecular formula is C18H19F2N3O3. The van der Waals surface area contributed by atoms with Crippen molar-refractivity contribution in [1.82, 2.24) is 5.32 Å². The minimum Gasteiger partial charge on any atom is -0.375 e. The molecule has 26 heavy (non-hydrogen) atoms. The zero-order chi connectivity index (χ0) is 18.9. The van der Waals surface area contributed by atoms with Crippen molar-refractivity contribution in [2.24, 2.45) is 0 Å². The smallest absolute Gasteiger partial charge is 0.319 e. The van der Waals surface area contributed by atoms with E-state index < -0.39 is 17.7 Å². The van der Waals surface area contributed by atoms with Gasteiger partial charge >= 0.3 is 6.03 Å². The van der Waals surface area contributed by atoms with Gasteiger partial charge < -0.3 is 20.7 Å². The van der Waals surface area contributed by atoms with Crippen LogP contribution in [0.3, 0.4) is 0 Å². The summed E-state index contributed by atoms with van der Waals surface area (Å²) in [4.78, 5) is 23.4. The zero-order valence-electron chi connectivity index (χ0n) is 14.1. The Kier molecular flexibility index (Phi) is 7.04. The van der Waals surface area contributed by atoms with Crippen LogP contribution in [0.4, 0.5) is 25.0 Å². The molecule has 3 amide bonds. The lowest BCUT2D eigenvalue weighted by Crippen LogP contribution is -2.30. The van der Waals surface area contributed by atoms with Gasteiger partial charge in [0, 0.05) is 30.6 Å². The van der Waals surface area contributed by atoms with E-state index in [0.29, 0.717) is 11.4 Å². The van der Waals surface area contributed by atoms with Crippen LogP contribution >= 0.6 is 0 Å². The summed E-state index contributed by atoms with van der Waals surface area (Å²) in [5.74, 6) is -1.61. The number of methoxy groups -OCH3 is 1. The molecule has 2 aromatic rings. The Morgan fingerprint density at radius 2 is 1.62 bits per heavy atom. The van der Waals surface area contributed by atoms with E-state index in [9.17, 15) is 18.4 Å². The zero-order valence-corrected chi connectivity index (χ0v) is 14.1. The molecule has 0 fully saturated rings. The minimum absolute atomic E-state index is 0.0268. The first-order valence-corrected chi connectivity index (χ1v) is 7.86. The highest BCUT2D eigenvalue weighted by atomic mass is 19.1. The van der Waals surface area contributed by atoms with E-state index in [2.05, 4.69) is 16.0 Å². The second-order valence-corrected chi connectivity index (χ2v) is 5.39. The molecule has 0 aliphatic carbocycles. The summed E-state index contributed by atoms with van der Waals surface area (Å²) in [6.45, 7) is -0.0152. The number of nitrogens with one attached hydrogen (secondary N) is 3. The van der Waals surface area contributed by atoms with Gasteiger partial charge in [0.05, 0.1) is 0 Å². The van der Waals surface area contributed by atoms with Gasteiger partial charge in [-0.1, -0.05) is 12.1 Å². The standard InChI is InChI=1S/C18H19F2N3O3/c1-26-11-17(24)22-12-4-2-5-13(10-12)23-18(25)21-9-8-14-15(19)6-3-7-16(14)20/h2-7,10H,8-9,11H2,1H3,(H,22,24)(H2,21,23,25). The Hall–Kier alpha value is -3.00. The van der Waals surface area contributed by atoms with Crippen LogP contribution in [-0.2, 0) is 16.0 Å². The molecule has 3 N–H and O–H groups in total. The molecule has 6 nitrogen and oxygen atoms in total. The van der Waals surface area contributed by atoms with Gasteiger partial charge in [-0.05, 0) is 36.8 Å². The second-order valence-electron chi connectivity index (χ2n) is 5.39. The van der Waals surface area contributed by atoms with Crippen LogP contribution in [0.15, 0.2) is 42.5 Å². The minimum atomic E-state index is -0.647.